The van der Waals surface area contributed by atoms with Gasteiger partial charge in [0, 0.05) is 16.5 Å². The maximum Gasteiger partial charge on any atom is 0.258 e. The maximum atomic E-state index is 15.2. The van der Waals surface area contributed by atoms with Crippen LogP contribution in [0.3, 0.4) is 0 Å². The van der Waals surface area contributed by atoms with Crippen molar-refractivity contribution in [3.05, 3.63) is 93.8 Å². The number of halogens is 8. The van der Waals surface area contributed by atoms with Crippen molar-refractivity contribution >= 4 is 69.8 Å². The number of hydrogen-bond acceptors (Lipinski definition) is 6. The lowest BCUT2D eigenvalue weighted by Crippen LogP contribution is -2.60. The van der Waals surface area contributed by atoms with Crippen molar-refractivity contribution in [1.82, 2.24) is 0 Å². The highest BCUT2D eigenvalue weighted by atomic mass is 35.5. The van der Waals surface area contributed by atoms with Crippen LogP contribution in [0.1, 0.15) is 31.2 Å². The third kappa shape index (κ3) is 4.35. The molecule has 50 heavy (non-hydrogen) atoms. The molecule has 8 nitrogen and oxygen atoms in total. The summed E-state index contributed by atoms with van der Waals surface area (Å²) in [6.07, 6.45) is 0.774. The SMILES string of the molecule is CCOc1cccc(C2C3=CCC4C(=O)N(c5ccc(Cl)cc5)C(=O)C4C3CC3(Cl)C(=O)N(c4c(F)c(F)c(F)c(F)c4F)C(=O)C23Cl)c1O. The highest BCUT2D eigenvalue weighted by Gasteiger charge is 2.77. The zero-order chi connectivity index (χ0) is 36.2. The predicted molar refractivity (Wildman–Crippen MR) is 170 cm³/mol. The lowest BCUT2D eigenvalue weighted by molar-refractivity contribution is -0.125. The highest BCUT2D eigenvalue weighted by molar-refractivity contribution is 6.58. The largest absolute Gasteiger partial charge is 0.504 e. The number of phenols is 1. The van der Waals surface area contributed by atoms with Gasteiger partial charge in [-0.2, -0.15) is 0 Å². The number of anilines is 2. The molecule has 0 bridgehead atoms. The van der Waals surface area contributed by atoms with Gasteiger partial charge in [0.1, 0.15) is 5.69 Å². The normalized spacial score (nSPS) is 28.9. The first-order valence-electron chi connectivity index (χ1n) is 15.2. The van der Waals surface area contributed by atoms with Crippen molar-refractivity contribution in [1.29, 1.82) is 0 Å². The molecule has 1 saturated carbocycles. The van der Waals surface area contributed by atoms with Crippen LogP contribution >= 0.6 is 34.8 Å². The molecule has 3 aromatic rings. The zero-order valence-corrected chi connectivity index (χ0v) is 27.7. The van der Waals surface area contributed by atoms with E-state index in [-0.39, 0.29) is 40.5 Å². The smallest absolute Gasteiger partial charge is 0.258 e. The molecule has 1 N–H and O–H groups in total. The van der Waals surface area contributed by atoms with Crippen LogP contribution in [-0.2, 0) is 19.2 Å². The van der Waals surface area contributed by atoms with E-state index < -0.39 is 104 Å². The van der Waals surface area contributed by atoms with Gasteiger partial charge in [0.15, 0.2) is 44.5 Å². The standard InChI is InChI=1S/C34H22Cl3F5N2O6/c1-2-50-19-5-3-4-17(28(19)45)21-15-10-11-16-20(30(47)43(29(16)46)14-8-6-13(35)7-9-14)18(15)12-33(36)31(48)44(32(49)34(21,33)37)27-25(41)23(39)22(38)24(40)26(27)42/h3-10,16,18,20-21,45H,2,11-12H2,1H3. The number of carbonyl (C=O) groups excluding carboxylic acids is 4. The van der Waals surface area contributed by atoms with E-state index in [0.717, 1.165) is 4.90 Å². The van der Waals surface area contributed by atoms with E-state index in [1.165, 1.54) is 48.5 Å². The second-order valence-electron chi connectivity index (χ2n) is 12.3. The number of carbonyl (C=O) groups is 4. The van der Waals surface area contributed by atoms with Crippen LogP contribution in [0.5, 0.6) is 11.5 Å². The van der Waals surface area contributed by atoms with Crippen LogP contribution in [0.25, 0.3) is 0 Å². The van der Waals surface area contributed by atoms with Crippen molar-refractivity contribution in [2.75, 3.05) is 16.4 Å². The number of phenolic OH excluding ortho intramolecular Hbond substituents is 1. The number of aromatic hydroxyl groups is 1. The highest BCUT2D eigenvalue weighted by Crippen LogP contribution is 2.67. The van der Waals surface area contributed by atoms with Gasteiger partial charge in [-0.15, -0.1) is 23.2 Å². The van der Waals surface area contributed by atoms with E-state index in [2.05, 4.69) is 0 Å². The monoisotopic (exact) mass is 754 g/mol. The molecule has 3 aromatic carbocycles. The Hall–Kier alpha value is -4.20. The van der Waals surface area contributed by atoms with Crippen molar-refractivity contribution in [3.8, 4) is 11.5 Å². The molecule has 2 aliphatic heterocycles. The van der Waals surface area contributed by atoms with Crippen LogP contribution in [0.2, 0.25) is 5.02 Å². The van der Waals surface area contributed by atoms with Gasteiger partial charge in [-0.3, -0.25) is 24.1 Å². The Morgan fingerprint density at radius 2 is 1.46 bits per heavy atom. The van der Waals surface area contributed by atoms with Gasteiger partial charge in [0.2, 0.25) is 17.6 Å². The Morgan fingerprint density at radius 1 is 0.840 bits per heavy atom. The summed E-state index contributed by atoms with van der Waals surface area (Å²) in [6.45, 7) is 1.69. The molecule has 16 heteroatoms. The van der Waals surface area contributed by atoms with Crippen LogP contribution in [0.15, 0.2) is 54.1 Å². The first-order valence-corrected chi connectivity index (χ1v) is 16.3. The molecule has 2 heterocycles. The number of ether oxygens (including phenoxy) is 1. The van der Waals surface area contributed by atoms with Gasteiger partial charge in [0.05, 0.1) is 24.1 Å². The first-order chi connectivity index (χ1) is 23.6. The molecule has 0 aromatic heterocycles. The van der Waals surface area contributed by atoms with Gasteiger partial charge in [-0.25, -0.2) is 26.9 Å². The van der Waals surface area contributed by atoms with Gasteiger partial charge >= 0.3 is 0 Å². The van der Waals surface area contributed by atoms with Crippen molar-refractivity contribution in [3.63, 3.8) is 0 Å². The van der Waals surface area contributed by atoms with E-state index in [9.17, 15) is 37.5 Å². The average molecular weight is 756 g/mol. The number of hydrogen-bond donors (Lipinski definition) is 1. The average Bonchev–Trinajstić information content (AvgIpc) is 3.43. The lowest BCUT2D eigenvalue weighted by Gasteiger charge is -2.50. The van der Waals surface area contributed by atoms with E-state index in [1.54, 1.807) is 6.92 Å². The number of nitrogens with zero attached hydrogens (tertiary/aromatic N) is 2. The number of allylic oxidation sites excluding steroid dienone is 2. The minimum Gasteiger partial charge on any atom is -0.504 e. The molecular formula is C34H22Cl3F5N2O6. The Balaban J connectivity index is 1.45. The van der Waals surface area contributed by atoms with Gasteiger partial charge in [-0.1, -0.05) is 35.4 Å². The summed E-state index contributed by atoms with van der Waals surface area (Å²) in [7, 11) is 0. The predicted octanol–water partition coefficient (Wildman–Crippen LogP) is 6.91. The van der Waals surface area contributed by atoms with Crippen LogP contribution in [0, 0.1) is 46.8 Å². The maximum absolute atomic E-state index is 15.2. The minimum atomic E-state index is -2.79. The molecule has 6 atom stereocenters. The van der Waals surface area contributed by atoms with Crippen LogP contribution in [-0.4, -0.2) is 45.1 Å². The summed E-state index contributed by atoms with van der Waals surface area (Å²) < 4.78 is 78.9. The summed E-state index contributed by atoms with van der Waals surface area (Å²) in [5.41, 5.74) is -1.67. The molecule has 260 valence electrons. The first kappa shape index (κ1) is 34.3. The fraction of sp³-hybridized carbons (Fsp3) is 0.294. The van der Waals surface area contributed by atoms with Crippen LogP contribution < -0.4 is 14.5 Å². The Kier molecular flexibility index (Phi) is 8.00. The molecule has 0 radical (unpaired) electrons. The zero-order valence-electron chi connectivity index (χ0n) is 25.5. The summed E-state index contributed by atoms with van der Waals surface area (Å²) in [6, 6.07) is 9.98. The van der Waals surface area contributed by atoms with Crippen molar-refractivity contribution in [2.45, 2.75) is 35.4 Å². The molecule has 2 aliphatic carbocycles. The number of amides is 4. The third-order valence-corrected chi connectivity index (χ3v) is 11.6. The minimum absolute atomic E-state index is 0.0701. The van der Waals surface area contributed by atoms with Gasteiger partial charge in [0.25, 0.3) is 11.8 Å². The fourth-order valence-electron chi connectivity index (χ4n) is 7.80. The second-order valence-corrected chi connectivity index (χ2v) is 14.0. The molecule has 7 rings (SSSR count). The van der Waals surface area contributed by atoms with Crippen molar-refractivity contribution < 1.29 is 51.0 Å². The molecule has 3 fully saturated rings. The fourth-order valence-corrected chi connectivity index (χ4v) is 8.85. The Morgan fingerprint density at radius 3 is 2.08 bits per heavy atom. The van der Waals surface area contributed by atoms with Crippen molar-refractivity contribution in [2.24, 2.45) is 17.8 Å². The Bertz CT molecular complexity index is 2050. The van der Waals surface area contributed by atoms with E-state index in [0.29, 0.717) is 5.02 Å². The number of rotatable bonds is 5. The molecule has 4 aliphatic rings. The molecular weight excluding hydrogens is 734 g/mol. The summed E-state index contributed by atoms with van der Waals surface area (Å²) in [5.74, 6) is -22.6. The quantitative estimate of drug-likeness (QED) is 0.0759. The van der Waals surface area contributed by atoms with Crippen LogP contribution in [0.4, 0.5) is 33.3 Å². The molecule has 6 unspecified atom stereocenters. The molecule has 2 saturated heterocycles. The number of fused-ring (bicyclic) bond motifs is 4. The number of alkyl halides is 2. The summed E-state index contributed by atoms with van der Waals surface area (Å²) in [4.78, 5) is 51.8. The number of benzene rings is 3. The molecule has 4 amide bonds. The molecule has 0 spiro atoms. The van der Waals surface area contributed by atoms with E-state index >= 15 is 8.78 Å². The van der Waals surface area contributed by atoms with Gasteiger partial charge < -0.3 is 9.84 Å². The third-order valence-electron chi connectivity index (χ3n) is 9.95. The Labute approximate surface area is 294 Å². The summed E-state index contributed by atoms with van der Waals surface area (Å²) in [5, 5.41) is 11.8. The number of imide groups is 2. The number of para-hydroxylation sites is 1. The second kappa shape index (κ2) is 11.7. The topological polar surface area (TPSA) is 104 Å². The van der Waals surface area contributed by atoms with Gasteiger partial charge in [-0.05, 0) is 56.0 Å². The van der Waals surface area contributed by atoms with E-state index in [4.69, 9.17) is 39.5 Å². The van der Waals surface area contributed by atoms with E-state index in [1.807, 2.05) is 0 Å². The summed E-state index contributed by atoms with van der Waals surface area (Å²) >= 11 is 20.2. The lowest BCUT2D eigenvalue weighted by atomic mass is 9.56.